The molecule has 0 bridgehead atoms. The van der Waals surface area contributed by atoms with Crippen LogP contribution in [-0.4, -0.2) is 18.8 Å². The molecule has 1 aromatic carbocycles. The SMILES string of the molecule is COC(=O)[C@H]1CC(C(C)(C)C)=N[C@@H]1c1ccccc1. The molecule has 0 aromatic heterocycles. The van der Waals surface area contributed by atoms with E-state index >= 15 is 0 Å². The van der Waals surface area contributed by atoms with Crippen molar-refractivity contribution in [2.24, 2.45) is 16.3 Å². The Balaban J connectivity index is 2.35. The number of methoxy groups -OCH3 is 1. The third-order valence-corrected chi connectivity index (χ3v) is 3.60. The summed E-state index contributed by atoms with van der Waals surface area (Å²) >= 11 is 0. The van der Waals surface area contributed by atoms with E-state index in [2.05, 4.69) is 20.8 Å². The lowest BCUT2D eigenvalue weighted by Crippen LogP contribution is -2.23. The molecule has 0 N–H and O–H groups in total. The van der Waals surface area contributed by atoms with E-state index in [1.54, 1.807) is 0 Å². The molecule has 102 valence electrons. The van der Waals surface area contributed by atoms with Gasteiger partial charge in [0.05, 0.1) is 19.1 Å². The standard InChI is InChI=1S/C16H21NO2/c1-16(2,3)13-10-12(15(18)19-4)14(17-13)11-8-6-5-7-9-11/h5-9,12,14H,10H2,1-4H3/t12-,14+/m0/s1. The van der Waals surface area contributed by atoms with Crippen molar-refractivity contribution in [3.8, 4) is 0 Å². The van der Waals surface area contributed by atoms with Crippen LogP contribution in [0.5, 0.6) is 0 Å². The van der Waals surface area contributed by atoms with Gasteiger partial charge in [0.15, 0.2) is 0 Å². The van der Waals surface area contributed by atoms with E-state index in [4.69, 9.17) is 9.73 Å². The number of hydrogen-bond acceptors (Lipinski definition) is 3. The topological polar surface area (TPSA) is 38.7 Å². The van der Waals surface area contributed by atoms with Gasteiger partial charge >= 0.3 is 5.97 Å². The van der Waals surface area contributed by atoms with Gasteiger partial charge in [-0.25, -0.2) is 0 Å². The molecule has 0 saturated heterocycles. The molecule has 1 aliphatic rings. The maximum atomic E-state index is 12.0. The smallest absolute Gasteiger partial charge is 0.311 e. The summed E-state index contributed by atoms with van der Waals surface area (Å²) < 4.78 is 4.93. The first-order valence-electron chi connectivity index (χ1n) is 6.63. The van der Waals surface area contributed by atoms with Crippen LogP contribution in [0.15, 0.2) is 35.3 Å². The van der Waals surface area contributed by atoms with Crippen molar-refractivity contribution < 1.29 is 9.53 Å². The van der Waals surface area contributed by atoms with Crippen molar-refractivity contribution >= 4 is 11.7 Å². The lowest BCUT2D eigenvalue weighted by atomic mass is 9.84. The Morgan fingerprint density at radius 2 is 1.89 bits per heavy atom. The van der Waals surface area contributed by atoms with Gasteiger partial charge in [0, 0.05) is 12.1 Å². The molecule has 0 radical (unpaired) electrons. The highest BCUT2D eigenvalue weighted by molar-refractivity contribution is 5.95. The summed E-state index contributed by atoms with van der Waals surface area (Å²) in [7, 11) is 1.44. The van der Waals surface area contributed by atoms with Gasteiger partial charge in [-0.1, -0.05) is 51.1 Å². The molecule has 0 unspecified atom stereocenters. The third kappa shape index (κ3) is 2.86. The van der Waals surface area contributed by atoms with Crippen LogP contribution in [0.25, 0.3) is 0 Å². The minimum atomic E-state index is -0.193. The summed E-state index contributed by atoms with van der Waals surface area (Å²) in [6.07, 6.45) is 0.690. The van der Waals surface area contributed by atoms with Crippen molar-refractivity contribution in [1.82, 2.24) is 0 Å². The van der Waals surface area contributed by atoms with Crippen LogP contribution >= 0.6 is 0 Å². The molecular weight excluding hydrogens is 238 g/mol. The monoisotopic (exact) mass is 259 g/mol. The van der Waals surface area contributed by atoms with Gasteiger partial charge < -0.3 is 4.74 Å². The lowest BCUT2D eigenvalue weighted by Gasteiger charge is -2.18. The lowest BCUT2D eigenvalue weighted by molar-refractivity contribution is -0.145. The third-order valence-electron chi connectivity index (χ3n) is 3.60. The number of esters is 1. The van der Waals surface area contributed by atoms with Gasteiger partial charge in [0.2, 0.25) is 0 Å². The molecule has 19 heavy (non-hydrogen) atoms. The highest BCUT2D eigenvalue weighted by Crippen LogP contribution is 2.39. The molecule has 0 saturated carbocycles. The Bertz CT molecular complexity index is 485. The van der Waals surface area contributed by atoms with E-state index in [1.165, 1.54) is 7.11 Å². The zero-order valence-corrected chi connectivity index (χ0v) is 12.0. The minimum Gasteiger partial charge on any atom is -0.469 e. The normalized spacial score (nSPS) is 23.1. The van der Waals surface area contributed by atoms with Crippen molar-refractivity contribution in [2.45, 2.75) is 33.2 Å². The average molecular weight is 259 g/mol. The van der Waals surface area contributed by atoms with Crippen molar-refractivity contribution in [3.05, 3.63) is 35.9 Å². The fraction of sp³-hybridized carbons (Fsp3) is 0.500. The van der Waals surface area contributed by atoms with Crippen LogP contribution in [0.2, 0.25) is 0 Å². The van der Waals surface area contributed by atoms with Gasteiger partial charge in [0.1, 0.15) is 0 Å². The molecule has 3 heteroatoms. The maximum absolute atomic E-state index is 12.0. The number of hydrogen-bond donors (Lipinski definition) is 0. The number of ether oxygens (including phenoxy) is 1. The van der Waals surface area contributed by atoms with Crippen LogP contribution in [-0.2, 0) is 9.53 Å². The summed E-state index contributed by atoms with van der Waals surface area (Å²) in [5.74, 6) is -0.363. The van der Waals surface area contributed by atoms with Crippen LogP contribution in [0.3, 0.4) is 0 Å². The van der Waals surface area contributed by atoms with Crippen molar-refractivity contribution in [1.29, 1.82) is 0 Å². The van der Waals surface area contributed by atoms with Crippen LogP contribution in [0, 0.1) is 11.3 Å². The fourth-order valence-corrected chi connectivity index (χ4v) is 2.45. The number of carbonyl (C=O) groups excluding carboxylic acids is 1. The number of carbonyl (C=O) groups is 1. The fourth-order valence-electron chi connectivity index (χ4n) is 2.45. The molecule has 0 fully saturated rings. The first kappa shape index (κ1) is 13.8. The molecule has 1 aromatic rings. The van der Waals surface area contributed by atoms with E-state index in [0.29, 0.717) is 6.42 Å². The molecule has 1 heterocycles. The molecular formula is C16H21NO2. The Labute approximate surface area is 114 Å². The van der Waals surface area contributed by atoms with E-state index in [0.717, 1.165) is 11.3 Å². The first-order chi connectivity index (χ1) is 8.93. The summed E-state index contributed by atoms with van der Waals surface area (Å²) in [5, 5.41) is 0. The Morgan fingerprint density at radius 3 is 2.42 bits per heavy atom. The van der Waals surface area contributed by atoms with E-state index in [1.807, 2.05) is 30.3 Å². The summed E-state index contributed by atoms with van der Waals surface area (Å²) in [6, 6.07) is 9.87. The van der Waals surface area contributed by atoms with Crippen LogP contribution < -0.4 is 0 Å². The Kier molecular flexibility index (Phi) is 3.74. The second-order valence-corrected chi connectivity index (χ2v) is 6.02. The molecule has 0 spiro atoms. The maximum Gasteiger partial charge on any atom is 0.311 e. The largest absolute Gasteiger partial charge is 0.469 e. The van der Waals surface area contributed by atoms with E-state index in [9.17, 15) is 4.79 Å². The second-order valence-electron chi connectivity index (χ2n) is 6.02. The minimum absolute atomic E-state index is 0.00416. The number of benzene rings is 1. The number of aliphatic imine (C=N–C) groups is 1. The van der Waals surface area contributed by atoms with Gasteiger partial charge in [-0.15, -0.1) is 0 Å². The van der Waals surface area contributed by atoms with Gasteiger partial charge in [-0.2, -0.15) is 0 Å². The summed E-state index contributed by atoms with van der Waals surface area (Å²) in [5.41, 5.74) is 2.17. The van der Waals surface area contributed by atoms with Gasteiger partial charge in [-0.3, -0.25) is 9.79 Å². The highest BCUT2D eigenvalue weighted by Gasteiger charge is 2.39. The molecule has 1 aliphatic heterocycles. The van der Waals surface area contributed by atoms with Gasteiger partial charge in [-0.05, 0) is 11.0 Å². The summed E-state index contributed by atoms with van der Waals surface area (Å²) in [6.45, 7) is 6.40. The van der Waals surface area contributed by atoms with E-state index in [-0.39, 0.29) is 23.3 Å². The molecule has 2 rings (SSSR count). The van der Waals surface area contributed by atoms with Crippen LogP contribution in [0.1, 0.15) is 38.8 Å². The predicted octanol–water partition coefficient (Wildman–Crippen LogP) is 3.41. The highest BCUT2D eigenvalue weighted by atomic mass is 16.5. The Hall–Kier alpha value is -1.64. The Morgan fingerprint density at radius 1 is 1.26 bits per heavy atom. The summed E-state index contributed by atoms with van der Waals surface area (Å²) in [4.78, 5) is 16.8. The van der Waals surface area contributed by atoms with Gasteiger partial charge in [0.25, 0.3) is 0 Å². The molecule has 0 amide bonds. The second kappa shape index (κ2) is 5.16. The molecule has 3 nitrogen and oxygen atoms in total. The van der Waals surface area contributed by atoms with Crippen LogP contribution in [0.4, 0.5) is 0 Å². The number of nitrogens with zero attached hydrogens (tertiary/aromatic N) is 1. The zero-order valence-electron chi connectivity index (χ0n) is 12.0. The van der Waals surface area contributed by atoms with Crippen molar-refractivity contribution in [2.75, 3.05) is 7.11 Å². The first-order valence-corrected chi connectivity index (χ1v) is 6.63. The van der Waals surface area contributed by atoms with Crippen molar-refractivity contribution in [3.63, 3.8) is 0 Å². The van der Waals surface area contributed by atoms with E-state index < -0.39 is 0 Å². The zero-order chi connectivity index (χ0) is 14.0. The quantitative estimate of drug-likeness (QED) is 0.763. The molecule has 2 atom stereocenters. The number of rotatable bonds is 2. The average Bonchev–Trinajstić information content (AvgIpc) is 2.83. The predicted molar refractivity (Wildman–Crippen MR) is 76.2 cm³/mol. The molecule has 0 aliphatic carbocycles.